The van der Waals surface area contributed by atoms with Crippen LogP contribution < -0.4 is 11.1 Å². The zero-order valence-corrected chi connectivity index (χ0v) is 13.1. The molecule has 0 amide bonds. The van der Waals surface area contributed by atoms with Gasteiger partial charge in [-0.15, -0.1) is 0 Å². The van der Waals surface area contributed by atoms with E-state index in [1.165, 1.54) is 0 Å². The maximum absolute atomic E-state index is 6.02. The van der Waals surface area contributed by atoms with Crippen molar-refractivity contribution in [3.63, 3.8) is 0 Å². The minimum atomic E-state index is -0.781. The van der Waals surface area contributed by atoms with Crippen molar-refractivity contribution in [3.05, 3.63) is 24.3 Å². The molecule has 3 nitrogen and oxygen atoms in total. The van der Waals surface area contributed by atoms with Crippen LogP contribution in [0.4, 0.5) is 11.4 Å². The molecule has 0 spiro atoms. The molecule has 1 rings (SSSR count). The Morgan fingerprint density at radius 1 is 1.33 bits per heavy atom. The number of anilines is 2. The predicted molar refractivity (Wildman–Crippen MR) is 80.9 cm³/mol. The molecular formula is C14H25N2OSi. The number of nitrogens with two attached hydrogens (primary N) is 1. The van der Waals surface area contributed by atoms with Crippen LogP contribution in [0.15, 0.2) is 24.3 Å². The van der Waals surface area contributed by atoms with Crippen LogP contribution in [0.2, 0.25) is 12.6 Å². The molecule has 0 saturated heterocycles. The maximum Gasteiger partial charge on any atom is 0.211 e. The van der Waals surface area contributed by atoms with Crippen molar-refractivity contribution in [1.82, 2.24) is 0 Å². The van der Waals surface area contributed by atoms with Gasteiger partial charge in [0.25, 0.3) is 0 Å². The molecule has 0 aromatic heterocycles. The average Bonchev–Trinajstić information content (AvgIpc) is 2.18. The fourth-order valence-electron chi connectivity index (χ4n) is 1.97. The first-order valence-corrected chi connectivity index (χ1v) is 8.49. The molecule has 101 valence electrons. The van der Waals surface area contributed by atoms with Gasteiger partial charge in [0.15, 0.2) is 0 Å². The molecule has 1 radical (unpaired) electrons. The Hall–Kier alpha value is -1.00. The quantitative estimate of drug-likeness (QED) is 0.485. The molecule has 18 heavy (non-hydrogen) atoms. The second-order valence-electron chi connectivity index (χ2n) is 5.93. The highest BCUT2D eigenvalue weighted by molar-refractivity contribution is 6.50. The van der Waals surface area contributed by atoms with Gasteiger partial charge in [0.2, 0.25) is 9.04 Å². The van der Waals surface area contributed by atoms with Crippen molar-refractivity contribution >= 4 is 20.4 Å². The van der Waals surface area contributed by atoms with E-state index in [0.29, 0.717) is 5.41 Å². The van der Waals surface area contributed by atoms with Crippen molar-refractivity contribution in [2.45, 2.75) is 46.5 Å². The first-order valence-electron chi connectivity index (χ1n) is 6.38. The van der Waals surface area contributed by atoms with E-state index in [1.807, 2.05) is 31.2 Å². The average molecular weight is 265 g/mol. The highest BCUT2D eigenvalue weighted by Crippen LogP contribution is 2.23. The van der Waals surface area contributed by atoms with Gasteiger partial charge in [-0.1, -0.05) is 32.9 Å². The van der Waals surface area contributed by atoms with Gasteiger partial charge in [-0.2, -0.15) is 0 Å². The fraction of sp³-hybridized carbons (Fsp3) is 0.571. The van der Waals surface area contributed by atoms with E-state index in [1.54, 1.807) is 0 Å². The third-order valence-corrected chi connectivity index (χ3v) is 4.79. The third kappa shape index (κ3) is 5.56. The number of nitrogen functional groups attached to an aromatic ring is 1. The molecule has 4 heteroatoms. The van der Waals surface area contributed by atoms with E-state index >= 15 is 0 Å². The van der Waals surface area contributed by atoms with E-state index in [-0.39, 0.29) is 6.23 Å². The summed E-state index contributed by atoms with van der Waals surface area (Å²) in [6.07, 6.45) is -0.00376. The van der Waals surface area contributed by atoms with Crippen LogP contribution in [0.25, 0.3) is 0 Å². The molecule has 0 aliphatic carbocycles. The number of benzene rings is 1. The van der Waals surface area contributed by atoms with Gasteiger partial charge >= 0.3 is 0 Å². The lowest BCUT2D eigenvalue weighted by atomic mass is 10.0. The van der Waals surface area contributed by atoms with E-state index in [4.69, 9.17) is 10.2 Å². The summed E-state index contributed by atoms with van der Waals surface area (Å²) in [5.74, 6) is 0. The minimum Gasteiger partial charge on any atom is -0.398 e. The molecule has 1 aromatic rings. The van der Waals surface area contributed by atoms with E-state index in [9.17, 15) is 0 Å². The Bertz CT molecular complexity index is 376. The molecule has 0 fully saturated rings. The van der Waals surface area contributed by atoms with Gasteiger partial charge in [-0.25, -0.2) is 0 Å². The highest BCUT2D eigenvalue weighted by atomic mass is 28.3. The predicted octanol–water partition coefficient (Wildman–Crippen LogP) is 3.71. The van der Waals surface area contributed by atoms with Crippen LogP contribution >= 0.6 is 0 Å². The monoisotopic (exact) mass is 265 g/mol. The third-order valence-electron chi connectivity index (χ3n) is 2.48. The molecular weight excluding hydrogens is 240 g/mol. The van der Waals surface area contributed by atoms with Crippen LogP contribution in [0, 0.1) is 5.41 Å². The molecule has 0 bridgehead atoms. The first kappa shape index (κ1) is 15.1. The molecule has 1 atom stereocenters. The van der Waals surface area contributed by atoms with Crippen LogP contribution in [0.1, 0.15) is 27.7 Å². The lowest BCUT2D eigenvalue weighted by molar-refractivity contribution is 0.245. The zero-order valence-electron chi connectivity index (χ0n) is 12.1. The van der Waals surface area contributed by atoms with Crippen LogP contribution in [-0.4, -0.2) is 15.3 Å². The Balaban J connectivity index is 2.47. The number of hydrogen-bond acceptors (Lipinski definition) is 3. The summed E-state index contributed by atoms with van der Waals surface area (Å²) in [6.45, 7) is 11.0. The fourth-order valence-corrected chi connectivity index (χ4v) is 4.21. The summed E-state index contributed by atoms with van der Waals surface area (Å²) in [7, 11) is -0.781. The smallest absolute Gasteiger partial charge is 0.211 e. The number of rotatable bonds is 5. The Labute approximate surface area is 112 Å². The lowest BCUT2D eigenvalue weighted by Crippen LogP contribution is -2.30. The van der Waals surface area contributed by atoms with Crippen LogP contribution in [0.5, 0.6) is 0 Å². The zero-order chi connectivity index (χ0) is 13.8. The summed E-state index contributed by atoms with van der Waals surface area (Å²) >= 11 is 0. The van der Waals surface area contributed by atoms with Gasteiger partial charge in [-0.05, 0) is 37.1 Å². The summed E-state index contributed by atoms with van der Waals surface area (Å²) in [4.78, 5) is 0. The van der Waals surface area contributed by atoms with Crippen molar-refractivity contribution in [2.75, 3.05) is 11.1 Å². The summed E-state index contributed by atoms with van der Waals surface area (Å²) in [5.41, 5.74) is 7.92. The summed E-state index contributed by atoms with van der Waals surface area (Å²) < 4.78 is 6.02. The Morgan fingerprint density at radius 2 is 1.94 bits per heavy atom. The topological polar surface area (TPSA) is 47.3 Å². The molecule has 0 aliphatic rings. The molecule has 0 heterocycles. The van der Waals surface area contributed by atoms with Crippen molar-refractivity contribution in [1.29, 1.82) is 0 Å². The van der Waals surface area contributed by atoms with Crippen molar-refractivity contribution in [3.8, 4) is 0 Å². The minimum absolute atomic E-state index is 0.00376. The lowest BCUT2D eigenvalue weighted by Gasteiger charge is -2.25. The normalized spacial score (nSPS) is 13.7. The summed E-state index contributed by atoms with van der Waals surface area (Å²) in [5, 5.41) is 3.31. The molecule has 3 N–H and O–H groups in total. The molecule has 0 saturated carbocycles. The van der Waals surface area contributed by atoms with Crippen LogP contribution in [-0.2, 0) is 4.43 Å². The molecule has 0 aliphatic heterocycles. The first-order chi connectivity index (χ1) is 8.28. The number of hydrogen-bond donors (Lipinski definition) is 2. The highest BCUT2D eigenvalue weighted by Gasteiger charge is 2.20. The largest absolute Gasteiger partial charge is 0.398 e. The maximum atomic E-state index is 6.02. The van der Waals surface area contributed by atoms with E-state index in [0.717, 1.165) is 17.4 Å². The second kappa shape index (κ2) is 6.25. The van der Waals surface area contributed by atoms with Gasteiger partial charge in [0, 0.05) is 0 Å². The van der Waals surface area contributed by atoms with E-state index < -0.39 is 9.04 Å². The standard InChI is InChI=1S/C14H25N2OSi/c1-11(17-18(5)10-14(2,3)4)16-13-9-7-6-8-12(13)15/h6-9,11,16H,10,15H2,1-5H3. The Kier molecular flexibility index (Phi) is 5.23. The molecule has 1 aromatic carbocycles. The van der Waals surface area contributed by atoms with Crippen LogP contribution in [0.3, 0.4) is 0 Å². The van der Waals surface area contributed by atoms with Gasteiger partial charge < -0.3 is 15.5 Å². The molecule has 1 unspecified atom stereocenters. The SMILES string of the molecule is CC(Nc1ccccc1N)O[Si](C)CC(C)(C)C. The van der Waals surface area contributed by atoms with Gasteiger partial charge in [0.1, 0.15) is 6.23 Å². The Morgan fingerprint density at radius 3 is 2.50 bits per heavy atom. The van der Waals surface area contributed by atoms with Crippen molar-refractivity contribution in [2.24, 2.45) is 5.41 Å². The second-order valence-corrected chi connectivity index (χ2v) is 7.92. The number of para-hydroxylation sites is 2. The van der Waals surface area contributed by atoms with Gasteiger partial charge in [0.05, 0.1) is 11.4 Å². The summed E-state index contributed by atoms with van der Waals surface area (Å²) in [6, 6.07) is 8.90. The van der Waals surface area contributed by atoms with E-state index in [2.05, 4.69) is 32.6 Å². The van der Waals surface area contributed by atoms with Gasteiger partial charge in [-0.3, -0.25) is 0 Å². The number of nitrogens with one attached hydrogen (secondary N) is 1. The van der Waals surface area contributed by atoms with Crippen molar-refractivity contribution < 1.29 is 4.43 Å².